The van der Waals surface area contributed by atoms with Gasteiger partial charge in [-0.2, -0.15) is 5.26 Å². The third-order valence-corrected chi connectivity index (χ3v) is 3.54. The number of rotatable bonds is 5. The van der Waals surface area contributed by atoms with E-state index in [4.69, 9.17) is 5.26 Å². The van der Waals surface area contributed by atoms with Gasteiger partial charge in [0, 0.05) is 19.0 Å². The molecule has 0 aromatic heterocycles. The molecule has 3 heteroatoms. The molecule has 0 heterocycles. The number of nitriles is 1. The Hall–Kier alpha value is -1.40. The van der Waals surface area contributed by atoms with Gasteiger partial charge in [0.2, 0.25) is 0 Å². The van der Waals surface area contributed by atoms with Crippen LogP contribution >= 0.6 is 0 Å². The molecule has 1 atom stereocenters. The summed E-state index contributed by atoms with van der Waals surface area (Å²) in [5, 5.41) is 12.1. The van der Waals surface area contributed by atoms with Crippen LogP contribution in [0.25, 0.3) is 0 Å². The molecule has 2 nitrogen and oxygen atoms in total. The number of nitrogens with zero attached hydrogens (tertiary/aromatic N) is 1. The normalized spacial score (nSPS) is 18.4. The van der Waals surface area contributed by atoms with E-state index >= 15 is 0 Å². The average Bonchev–Trinajstić information content (AvgIpc) is 3.07. The molecule has 0 amide bonds. The first-order valence-electron chi connectivity index (χ1n) is 6.01. The minimum atomic E-state index is -0.200. The van der Waals surface area contributed by atoms with Crippen LogP contribution < -0.4 is 5.32 Å². The zero-order chi connectivity index (χ0) is 12.3. The third-order valence-electron chi connectivity index (χ3n) is 3.54. The summed E-state index contributed by atoms with van der Waals surface area (Å²) >= 11 is 0. The van der Waals surface area contributed by atoms with Gasteiger partial charge in [0.1, 0.15) is 5.82 Å². The fraction of sp³-hybridized carbons (Fsp3) is 0.500. The molecule has 0 saturated heterocycles. The zero-order valence-corrected chi connectivity index (χ0v) is 10.0. The summed E-state index contributed by atoms with van der Waals surface area (Å²) in [7, 11) is 0. The minimum Gasteiger partial charge on any atom is -0.310 e. The van der Waals surface area contributed by atoms with Gasteiger partial charge in [-0.1, -0.05) is 12.1 Å². The lowest BCUT2D eigenvalue weighted by atomic mass is 10.0. The highest BCUT2D eigenvalue weighted by Gasteiger charge is 2.42. The van der Waals surface area contributed by atoms with Gasteiger partial charge >= 0.3 is 0 Å². The molecule has 1 aromatic rings. The topological polar surface area (TPSA) is 35.8 Å². The van der Waals surface area contributed by atoms with Crippen molar-refractivity contribution < 1.29 is 4.39 Å². The largest absolute Gasteiger partial charge is 0.310 e. The van der Waals surface area contributed by atoms with E-state index in [1.54, 1.807) is 12.1 Å². The molecule has 1 aliphatic carbocycles. The lowest BCUT2D eigenvalue weighted by molar-refractivity contribution is 0.432. The maximum atomic E-state index is 13.1. The average molecular weight is 232 g/mol. The van der Waals surface area contributed by atoms with Crippen LogP contribution in [0.4, 0.5) is 4.39 Å². The molecule has 2 rings (SSSR count). The van der Waals surface area contributed by atoms with Crippen molar-refractivity contribution in [2.24, 2.45) is 5.41 Å². The Balaban J connectivity index is 1.90. The summed E-state index contributed by atoms with van der Waals surface area (Å²) in [5.74, 6) is -0.200. The van der Waals surface area contributed by atoms with Crippen LogP contribution in [-0.4, -0.2) is 6.54 Å². The van der Waals surface area contributed by atoms with Gasteiger partial charge in [-0.15, -0.1) is 0 Å². The molecule has 1 saturated carbocycles. The lowest BCUT2D eigenvalue weighted by Crippen LogP contribution is -2.26. The fourth-order valence-electron chi connectivity index (χ4n) is 2.02. The van der Waals surface area contributed by atoms with Crippen LogP contribution in [0.5, 0.6) is 0 Å². The van der Waals surface area contributed by atoms with E-state index in [-0.39, 0.29) is 17.3 Å². The monoisotopic (exact) mass is 232 g/mol. The number of hydrogen-bond acceptors (Lipinski definition) is 2. The van der Waals surface area contributed by atoms with E-state index in [1.165, 1.54) is 6.07 Å². The van der Waals surface area contributed by atoms with E-state index in [0.717, 1.165) is 24.9 Å². The third kappa shape index (κ3) is 3.04. The van der Waals surface area contributed by atoms with Crippen molar-refractivity contribution >= 4 is 0 Å². The number of nitrogens with one attached hydrogen (secondary N) is 1. The molecule has 0 spiro atoms. The van der Waals surface area contributed by atoms with Gasteiger partial charge < -0.3 is 5.32 Å². The van der Waals surface area contributed by atoms with Crippen molar-refractivity contribution in [3.05, 3.63) is 35.6 Å². The molecular weight excluding hydrogens is 215 g/mol. The van der Waals surface area contributed by atoms with Crippen LogP contribution in [0.1, 0.15) is 37.8 Å². The van der Waals surface area contributed by atoms with Crippen molar-refractivity contribution in [3.63, 3.8) is 0 Å². The SMILES string of the molecule is C[C@@H](NCC1(CC#N)CC1)c1cccc(F)c1. The second-order valence-corrected chi connectivity index (χ2v) is 4.99. The highest BCUT2D eigenvalue weighted by atomic mass is 19.1. The van der Waals surface area contributed by atoms with Gasteiger partial charge in [0.05, 0.1) is 6.07 Å². The van der Waals surface area contributed by atoms with Crippen LogP contribution in [0.15, 0.2) is 24.3 Å². The first-order valence-corrected chi connectivity index (χ1v) is 6.01. The molecule has 17 heavy (non-hydrogen) atoms. The van der Waals surface area contributed by atoms with Crippen molar-refractivity contribution in [1.82, 2.24) is 5.32 Å². The second-order valence-electron chi connectivity index (χ2n) is 4.99. The van der Waals surface area contributed by atoms with Gasteiger partial charge in [-0.25, -0.2) is 4.39 Å². The second kappa shape index (κ2) is 4.85. The molecule has 1 N–H and O–H groups in total. The van der Waals surface area contributed by atoms with Gasteiger partial charge in [-0.3, -0.25) is 0 Å². The number of benzene rings is 1. The summed E-state index contributed by atoms with van der Waals surface area (Å²) in [6.07, 6.45) is 2.88. The molecule has 1 aliphatic rings. The smallest absolute Gasteiger partial charge is 0.123 e. The molecule has 0 aliphatic heterocycles. The van der Waals surface area contributed by atoms with Crippen LogP contribution in [0.3, 0.4) is 0 Å². The summed E-state index contributed by atoms with van der Waals surface area (Å²) in [6.45, 7) is 2.87. The zero-order valence-electron chi connectivity index (χ0n) is 10.0. The van der Waals surface area contributed by atoms with E-state index in [9.17, 15) is 4.39 Å². The highest BCUT2D eigenvalue weighted by molar-refractivity contribution is 5.19. The summed E-state index contributed by atoms with van der Waals surface area (Å²) in [4.78, 5) is 0. The van der Waals surface area contributed by atoms with Crippen LogP contribution in [-0.2, 0) is 0 Å². The molecule has 0 radical (unpaired) electrons. The van der Waals surface area contributed by atoms with Gasteiger partial charge in [-0.05, 0) is 42.9 Å². The Kier molecular flexibility index (Phi) is 3.44. The summed E-state index contributed by atoms with van der Waals surface area (Å²) in [5.41, 5.74) is 1.15. The van der Waals surface area contributed by atoms with E-state index < -0.39 is 0 Å². The quantitative estimate of drug-likeness (QED) is 0.846. The Morgan fingerprint density at radius 2 is 2.29 bits per heavy atom. The van der Waals surface area contributed by atoms with E-state index in [2.05, 4.69) is 11.4 Å². The van der Waals surface area contributed by atoms with Gasteiger partial charge in [0.25, 0.3) is 0 Å². The number of hydrogen-bond donors (Lipinski definition) is 1. The molecule has 90 valence electrons. The Morgan fingerprint density at radius 3 is 2.88 bits per heavy atom. The Morgan fingerprint density at radius 1 is 1.53 bits per heavy atom. The molecule has 1 aromatic carbocycles. The van der Waals surface area contributed by atoms with E-state index in [0.29, 0.717) is 6.42 Å². The first kappa shape index (κ1) is 12.1. The number of halogens is 1. The standard InChI is InChI=1S/C14H17FN2/c1-11(12-3-2-4-13(15)9-12)17-10-14(5-6-14)7-8-16/h2-4,9,11,17H,5-7,10H2,1H3/t11-/m1/s1. The summed E-state index contributed by atoms with van der Waals surface area (Å²) < 4.78 is 13.1. The maximum Gasteiger partial charge on any atom is 0.123 e. The van der Waals surface area contributed by atoms with Crippen molar-refractivity contribution in [2.75, 3.05) is 6.54 Å². The van der Waals surface area contributed by atoms with Gasteiger partial charge in [0.15, 0.2) is 0 Å². The lowest BCUT2D eigenvalue weighted by Gasteiger charge is -2.18. The minimum absolute atomic E-state index is 0.127. The highest BCUT2D eigenvalue weighted by Crippen LogP contribution is 2.48. The predicted octanol–water partition coefficient (Wildman–Crippen LogP) is 3.17. The van der Waals surface area contributed by atoms with Crippen molar-refractivity contribution in [3.8, 4) is 6.07 Å². The first-order chi connectivity index (χ1) is 8.15. The molecular formula is C14H17FN2. The maximum absolute atomic E-state index is 13.1. The predicted molar refractivity (Wildman–Crippen MR) is 64.7 cm³/mol. The van der Waals surface area contributed by atoms with Crippen molar-refractivity contribution in [1.29, 1.82) is 5.26 Å². The van der Waals surface area contributed by atoms with Crippen molar-refractivity contribution in [2.45, 2.75) is 32.2 Å². The molecule has 0 bridgehead atoms. The van der Waals surface area contributed by atoms with Crippen LogP contribution in [0, 0.1) is 22.6 Å². The summed E-state index contributed by atoms with van der Waals surface area (Å²) in [6, 6.07) is 9.03. The Bertz CT molecular complexity index is 432. The Labute approximate surface area is 101 Å². The molecule has 0 unspecified atom stereocenters. The molecule has 1 fully saturated rings. The van der Waals surface area contributed by atoms with E-state index in [1.807, 2.05) is 13.0 Å². The van der Waals surface area contributed by atoms with Crippen LogP contribution in [0.2, 0.25) is 0 Å². The fourth-order valence-corrected chi connectivity index (χ4v) is 2.02.